The molecule has 0 aromatic heterocycles. The van der Waals surface area contributed by atoms with Gasteiger partial charge in [-0.15, -0.1) is 0 Å². The molecule has 0 aliphatic heterocycles. The van der Waals surface area contributed by atoms with Crippen LogP contribution in [-0.4, -0.2) is 11.6 Å². The monoisotopic (exact) mass is 316 g/mol. The number of fused-ring (bicyclic) bond motifs is 5. The highest BCUT2D eigenvalue weighted by Crippen LogP contribution is 2.67. The lowest BCUT2D eigenvalue weighted by Crippen LogP contribution is -2.53. The summed E-state index contributed by atoms with van der Waals surface area (Å²) in [4.78, 5) is 24.1. The number of hydrogen-bond acceptors (Lipinski definition) is 2. The number of rotatable bonds is 1. The predicted octanol–water partition coefficient (Wildman–Crippen LogP) is 4.80. The Labute approximate surface area is 140 Å². The first kappa shape index (κ1) is 15.8. The minimum Gasteiger partial charge on any atom is -0.300 e. The maximum Gasteiger partial charge on any atom is 0.133 e. The minimum atomic E-state index is 0.265. The number of carbonyl (C=O) groups is 2. The number of Topliss-reactive ketones (excluding diaryl/α,β-unsaturated/α-hetero) is 2. The summed E-state index contributed by atoms with van der Waals surface area (Å²) >= 11 is 0. The maximum absolute atomic E-state index is 12.2. The molecule has 7 atom stereocenters. The molecule has 0 aromatic rings. The molecule has 0 spiro atoms. The van der Waals surface area contributed by atoms with E-state index in [1.807, 2.05) is 6.92 Å². The van der Waals surface area contributed by atoms with Gasteiger partial charge >= 0.3 is 0 Å². The Kier molecular flexibility index (Phi) is 3.56. The quantitative estimate of drug-likeness (QED) is 0.696. The molecule has 0 bridgehead atoms. The third-order valence-electron chi connectivity index (χ3n) is 8.97. The van der Waals surface area contributed by atoms with E-state index in [1.165, 1.54) is 32.1 Å². The van der Waals surface area contributed by atoms with Gasteiger partial charge in [-0.25, -0.2) is 0 Å². The van der Waals surface area contributed by atoms with Crippen LogP contribution in [0.5, 0.6) is 0 Å². The fourth-order valence-electron chi connectivity index (χ4n) is 7.71. The normalized spacial score (nSPS) is 52.5. The Hall–Kier alpha value is -0.660. The molecular weight excluding hydrogens is 284 g/mol. The Bertz CT molecular complexity index is 538. The van der Waals surface area contributed by atoms with Crippen molar-refractivity contribution < 1.29 is 9.59 Å². The zero-order valence-corrected chi connectivity index (χ0v) is 15.1. The summed E-state index contributed by atoms with van der Waals surface area (Å²) in [5.74, 6) is 4.25. The summed E-state index contributed by atoms with van der Waals surface area (Å²) in [5, 5.41) is 0. The summed E-state index contributed by atoms with van der Waals surface area (Å²) < 4.78 is 0. The Morgan fingerprint density at radius 1 is 0.957 bits per heavy atom. The molecule has 23 heavy (non-hydrogen) atoms. The SMILES string of the molecule is CC(=O)[C@H]1CC[C@@H]2[C@H]3CC[C@@H]4CC(=O)CC[C@@]4(C)[C@@H]3CC[C@]12C. The van der Waals surface area contributed by atoms with Crippen LogP contribution in [0.15, 0.2) is 0 Å². The first-order valence-electron chi connectivity index (χ1n) is 9.88. The van der Waals surface area contributed by atoms with Gasteiger partial charge < -0.3 is 0 Å². The molecule has 4 aliphatic rings. The molecule has 0 N–H and O–H groups in total. The van der Waals surface area contributed by atoms with Gasteiger partial charge in [-0.1, -0.05) is 13.8 Å². The largest absolute Gasteiger partial charge is 0.300 e. The number of hydrogen-bond donors (Lipinski definition) is 0. The minimum absolute atomic E-state index is 0.265. The van der Waals surface area contributed by atoms with Crippen molar-refractivity contribution in [2.45, 2.75) is 78.6 Å². The van der Waals surface area contributed by atoms with Gasteiger partial charge in [0.05, 0.1) is 0 Å². The molecule has 4 saturated carbocycles. The Morgan fingerprint density at radius 3 is 2.43 bits per heavy atom. The fraction of sp³-hybridized carbons (Fsp3) is 0.905. The van der Waals surface area contributed by atoms with Gasteiger partial charge in [0.15, 0.2) is 0 Å². The molecular formula is C21H32O2. The Balaban J connectivity index is 1.63. The van der Waals surface area contributed by atoms with Crippen molar-refractivity contribution >= 4 is 11.6 Å². The predicted molar refractivity (Wildman–Crippen MR) is 90.9 cm³/mol. The fourth-order valence-corrected chi connectivity index (χ4v) is 7.71. The molecule has 0 heterocycles. The van der Waals surface area contributed by atoms with Gasteiger partial charge in [0.25, 0.3) is 0 Å². The highest BCUT2D eigenvalue weighted by atomic mass is 16.1. The van der Waals surface area contributed by atoms with Crippen molar-refractivity contribution in [1.29, 1.82) is 0 Å². The first-order valence-corrected chi connectivity index (χ1v) is 9.88. The molecule has 0 radical (unpaired) electrons. The average molecular weight is 316 g/mol. The molecule has 2 heteroatoms. The smallest absolute Gasteiger partial charge is 0.133 e. The second-order valence-corrected chi connectivity index (χ2v) is 9.68. The zero-order chi connectivity index (χ0) is 16.4. The average Bonchev–Trinajstić information content (AvgIpc) is 2.85. The molecule has 0 aromatic carbocycles. The van der Waals surface area contributed by atoms with E-state index in [0.717, 1.165) is 43.4 Å². The molecule has 0 saturated heterocycles. The van der Waals surface area contributed by atoms with E-state index in [4.69, 9.17) is 0 Å². The topological polar surface area (TPSA) is 34.1 Å². The van der Waals surface area contributed by atoms with Crippen molar-refractivity contribution in [3.05, 3.63) is 0 Å². The van der Waals surface area contributed by atoms with E-state index in [9.17, 15) is 9.59 Å². The second kappa shape index (κ2) is 5.17. The van der Waals surface area contributed by atoms with Gasteiger partial charge in [-0.05, 0) is 86.4 Å². The van der Waals surface area contributed by atoms with Crippen LogP contribution in [0.1, 0.15) is 78.6 Å². The summed E-state index contributed by atoms with van der Waals surface area (Å²) in [6, 6.07) is 0. The van der Waals surface area contributed by atoms with Crippen molar-refractivity contribution in [3.8, 4) is 0 Å². The van der Waals surface area contributed by atoms with Crippen LogP contribution in [0, 0.1) is 40.4 Å². The summed E-state index contributed by atoms with van der Waals surface area (Å²) in [6.07, 6.45) is 10.3. The van der Waals surface area contributed by atoms with Crippen molar-refractivity contribution in [2.75, 3.05) is 0 Å². The highest BCUT2D eigenvalue weighted by molar-refractivity contribution is 5.80. The van der Waals surface area contributed by atoms with Gasteiger partial charge in [-0.2, -0.15) is 0 Å². The van der Waals surface area contributed by atoms with E-state index in [-0.39, 0.29) is 5.41 Å². The van der Waals surface area contributed by atoms with Crippen LogP contribution in [0.4, 0.5) is 0 Å². The third-order valence-corrected chi connectivity index (χ3v) is 8.97. The van der Waals surface area contributed by atoms with E-state index in [2.05, 4.69) is 13.8 Å². The first-order chi connectivity index (χ1) is 10.9. The van der Waals surface area contributed by atoms with Gasteiger partial charge in [0.2, 0.25) is 0 Å². The van der Waals surface area contributed by atoms with Crippen molar-refractivity contribution in [1.82, 2.24) is 0 Å². The lowest BCUT2D eigenvalue weighted by molar-refractivity contribution is -0.143. The lowest BCUT2D eigenvalue weighted by Gasteiger charge is -2.60. The van der Waals surface area contributed by atoms with Crippen LogP contribution in [0.25, 0.3) is 0 Å². The molecule has 2 nitrogen and oxygen atoms in total. The highest BCUT2D eigenvalue weighted by Gasteiger charge is 2.60. The maximum atomic E-state index is 12.2. The molecule has 0 unspecified atom stereocenters. The van der Waals surface area contributed by atoms with E-state index in [1.54, 1.807) is 0 Å². The molecule has 128 valence electrons. The van der Waals surface area contributed by atoms with Crippen LogP contribution in [-0.2, 0) is 9.59 Å². The molecule has 4 fully saturated rings. The summed E-state index contributed by atoms with van der Waals surface area (Å²) in [7, 11) is 0. The lowest BCUT2D eigenvalue weighted by atomic mass is 9.44. The Morgan fingerprint density at radius 2 is 1.70 bits per heavy atom. The summed E-state index contributed by atoms with van der Waals surface area (Å²) in [5.41, 5.74) is 0.660. The van der Waals surface area contributed by atoms with Crippen LogP contribution in [0.2, 0.25) is 0 Å². The van der Waals surface area contributed by atoms with Gasteiger partial charge in [-0.3, -0.25) is 9.59 Å². The van der Waals surface area contributed by atoms with Crippen LogP contribution < -0.4 is 0 Å². The van der Waals surface area contributed by atoms with Crippen LogP contribution in [0.3, 0.4) is 0 Å². The number of carbonyl (C=O) groups excluding carboxylic acids is 2. The standard InChI is InChI=1S/C21H32O2/c1-13(22)17-6-7-18-16-5-4-14-12-15(23)8-10-20(14,2)19(16)9-11-21(17,18)3/h14,16-19H,4-12H2,1-3H3/t14-,16-,17-,18-,19-,20-,21-/m1/s1. The van der Waals surface area contributed by atoms with Crippen molar-refractivity contribution in [2.24, 2.45) is 40.4 Å². The van der Waals surface area contributed by atoms with Crippen LogP contribution >= 0.6 is 0 Å². The molecule has 0 amide bonds. The molecule has 4 rings (SSSR count). The second-order valence-electron chi connectivity index (χ2n) is 9.68. The summed E-state index contributed by atoms with van der Waals surface area (Å²) in [6.45, 7) is 6.74. The molecule has 4 aliphatic carbocycles. The zero-order valence-electron chi connectivity index (χ0n) is 15.1. The van der Waals surface area contributed by atoms with Gasteiger partial charge in [0.1, 0.15) is 11.6 Å². The van der Waals surface area contributed by atoms with E-state index < -0.39 is 0 Å². The number of ketones is 2. The van der Waals surface area contributed by atoms with Gasteiger partial charge in [0, 0.05) is 18.8 Å². The third kappa shape index (κ3) is 2.12. The van der Waals surface area contributed by atoms with E-state index >= 15 is 0 Å². The van der Waals surface area contributed by atoms with E-state index in [0.29, 0.717) is 28.8 Å². The van der Waals surface area contributed by atoms with Crippen molar-refractivity contribution in [3.63, 3.8) is 0 Å².